The molecule has 78 valence electrons. The SMILES string of the molecule is C=CCOC(=O)O.CC(C)(C)OO. The Kier molecular flexibility index (Phi) is 8.42. The summed E-state index contributed by atoms with van der Waals surface area (Å²) < 4.78 is 3.99. The minimum absolute atomic E-state index is 0.0648. The van der Waals surface area contributed by atoms with Gasteiger partial charge in [0.1, 0.15) is 6.61 Å². The molecule has 0 spiro atoms. The van der Waals surface area contributed by atoms with Gasteiger partial charge in [-0.25, -0.2) is 9.68 Å². The first-order valence-electron chi connectivity index (χ1n) is 3.62. The average molecular weight is 192 g/mol. The Morgan fingerprint density at radius 2 is 1.92 bits per heavy atom. The molecule has 0 heterocycles. The lowest BCUT2D eigenvalue weighted by Gasteiger charge is -2.10. The molecule has 13 heavy (non-hydrogen) atoms. The van der Waals surface area contributed by atoms with E-state index >= 15 is 0 Å². The van der Waals surface area contributed by atoms with Crippen molar-refractivity contribution in [1.29, 1.82) is 0 Å². The maximum absolute atomic E-state index is 9.49. The lowest BCUT2D eigenvalue weighted by Crippen LogP contribution is -2.15. The van der Waals surface area contributed by atoms with Gasteiger partial charge >= 0.3 is 6.16 Å². The van der Waals surface area contributed by atoms with E-state index < -0.39 is 11.8 Å². The van der Waals surface area contributed by atoms with E-state index in [4.69, 9.17) is 10.4 Å². The first-order chi connectivity index (χ1) is 5.83. The lowest BCUT2D eigenvalue weighted by atomic mass is 10.2. The molecule has 0 atom stereocenters. The van der Waals surface area contributed by atoms with Crippen molar-refractivity contribution >= 4 is 6.16 Å². The fourth-order valence-electron chi connectivity index (χ4n) is 0.130. The van der Waals surface area contributed by atoms with Crippen LogP contribution >= 0.6 is 0 Å². The zero-order valence-corrected chi connectivity index (χ0v) is 8.11. The first-order valence-corrected chi connectivity index (χ1v) is 3.62. The van der Waals surface area contributed by atoms with Crippen LogP contribution in [0.4, 0.5) is 4.79 Å². The van der Waals surface area contributed by atoms with Crippen LogP contribution in [0.25, 0.3) is 0 Å². The summed E-state index contributed by atoms with van der Waals surface area (Å²) in [6.07, 6.45) is 0.105. The van der Waals surface area contributed by atoms with Crippen LogP contribution in [0.1, 0.15) is 20.8 Å². The third kappa shape index (κ3) is 24.8. The largest absolute Gasteiger partial charge is 0.506 e. The monoisotopic (exact) mass is 192 g/mol. The molecule has 0 aliphatic rings. The van der Waals surface area contributed by atoms with Gasteiger partial charge in [0.2, 0.25) is 0 Å². The predicted molar refractivity (Wildman–Crippen MR) is 47.6 cm³/mol. The van der Waals surface area contributed by atoms with Crippen molar-refractivity contribution in [3.63, 3.8) is 0 Å². The zero-order chi connectivity index (χ0) is 10.9. The predicted octanol–water partition coefficient (Wildman–Crippen LogP) is 2.14. The van der Waals surface area contributed by atoms with Crippen LogP contribution < -0.4 is 0 Å². The Labute approximate surface area is 77.5 Å². The van der Waals surface area contributed by atoms with Crippen LogP contribution in [0, 0.1) is 0 Å². The highest BCUT2D eigenvalue weighted by Gasteiger charge is 2.06. The van der Waals surface area contributed by atoms with Crippen LogP contribution in [-0.2, 0) is 9.62 Å². The maximum atomic E-state index is 9.49. The second-order valence-electron chi connectivity index (χ2n) is 3.07. The highest BCUT2D eigenvalue weighted by atomic mass is 17.1. The normalized spacial score (nSPS) is 9.54. The molecule has 0 amide bonds. The molecule has 0 fully saturated rings. The number of hydrogen-bond donors (Lipinski definition) is 2. The zero-order valence-electron chi connectivity index (χ0n) is 8.11. The van der Waals surface area contributed by atoms with Crippen LogP contribution in [0.15, 0.2) is 12.7 Å². The van der Waals surface area contributed by atoms with Crippen molar-refractivity contribution in [2.75, 3.05) is 6.61 Å². The molecule has 5 nitrogen and oxygen atoms in total. The summed E-state index contributed by atoms with van der Waals surface area (Å²) in [6.45, 7) is 8.62. The van der Waals surface area contributed by atoms with Gasteiger partial charge in [0.25, 0.3) is 0 Å². The van der Waals surface area contributed by atoms with Crippen LogP contribution in [0.3, 0.4) is 0 Å². The van der Waals surface area contributed by atoms with Crippen LogP contribution in [-0.4, -0.2) is 28.7 Å². The van der Waals surface area contributed by atoms with E-state index in [1.165, 1.54) is 6.08 Å². The van der Waals surface area contributed by atoms with Gasteiger partial charge < -0.3 is 9.84 Å². The van der Waals surface area contributed by atoms with Gasteiger partial charge in [-0.1, -0.05) is 12.7 Å². The van der Waals surface area contributed by atoms with Gasteiger partial charge in [-0.2, -0.15) is 0 Å². The van der Waals surface area contributed by atoms with E-state index in [0.717, 1.165) is 0 Å². The number of rotatable bonds is 2. The van der Waals surface area contributed by atoms with Gasteiger partial charge in [-0.3, -0.25) is 5.26 Å². The van der Waals surface area contributed by atoms with Crippen molar-refractivity contribution < 1.29 is 24.8 Å². The first kappa shape index (κ1) is 14.5. The van der Waals surface area contributed by atoms with Crippen molar-refractivity contribution in [3.8, 4) is 0 Å². The molecular formula is C8H16O5. The number of carboxylic acid groups (broad SMARTS) is 1. The molecule has 0 unspecified atom stereocenters. The van der Waals surface area contributed by atoms with Gasteiger partial charge in [-0.15, -0.1) is 0 Å². The van der Waals surface area contributed by atoms with Gasteiger partial charge in [-0.05, 0) is 20.8 Å². The molecule has 0 aliphatic carbocycles. The van der Waals surface area contributed by atoms with Crippen LogP contribution in [0.5, 0.6) is 0 Å². The van der Waals surface area contributed by atoms with Crippen LogP contribution in [0.2, 0.25) is 0 Å². The standard InChI is InChI=1S/C4H6O3.C4H10O2/c1-2-3-7-4(5)6;1-4(2,3)6-5/h2H,1,3H2,(H,5,6);5H,1-3H3. The smallest absolute Gasteiger partial charge is 0.450 e. The van der Waals surface area contributed by atoms with Crippen molar-refractivity contribution in [2.45, 2.75) is 26.4 Å². The fraction of sp³-hybridized carbons (Fsp3) is 0.625. The number of hydrogen-bond acceptors (Lipinski definition) is 4. The molecule has 5 heteroatoms. The number of ether oxygens (including phenoxy) is 1. The molecule has 0 saturated heterocycles. The summed E-state index contributed by atoms with van der Waals surface area (Å²) in [5.41, 5.74) is -0.403. The Balaban J connectivity index is 0. The summed E-state index contributed by atoms with van der Waals surface area (Å²) in [7, 11) is 0. The van der Waals surface area contributed by atoms with E-state index in [-0.39, 0.29) is 6.61 Å². The highest BCUT2D eigenvalue weighted by molar-refractivity contribution is 5.56. The molecule has 0 aliphatic heterocycles. The second-order valence-corrected chi connectivity index (χ2v) is 3.07. The Bertz CT molecular complexity index is 147. The molecule has 0 aromatic rings. The van der Waals surface area contributed by atoms with E-state index in [1.54, 1.807) is 20.8 Å². The molecule has 0 saturated carbocycles. The molecule has 0 radical (unpaired) electrons. The quantitative estimate of drug-likeness (QED) is 0.303. The van der Waals surface area contributed by atoms with Gasteiger partial charge in [0, 0.05) is 0 Å². The van der Waals surface area contributed by atoms with E-state index in [1.807, 2.05) is 0 Å². The third-order valence-electron chi connectivity index (χ3n) is 0.599. The van der Waals surface area contributed by atoms with Gasteiger partial charge in [0.05, 0.1) is 5.60 Å². The van der Waals surface area contributed by atoms with Crippen molar-refractivity contribution in [2.24, 2.45) is 0 Å². The summed E-state index contributed by atoms with van der Waals surface area (Å²) in [5.74, 6) is 0. The topological polar surface area (TPSA) is 76.0 Å². The Morgan fingerprint density at radius 3 is 2.00 bits per heavy atom. The third-order valence-corrected chi connectivity index (χ3v) is 0.599. The highest BCUT2D eigenvalue weighted by Crippen LogP contribution is 2.01. The fourth-order valence-corrected chi connectivity index (χ4v) is 0.130. The van der Waals surface area contributed by atoms with E-state index in [0.29, 0.717) is 0 Å². The second kappa shape index (κ2) is 7.57. The summed E-state index contributed by atoms with van der Waals surface area (Å²) >= 11 is 0. The molecule has 0 bridgehead atoms. The summed E-state index contributed by atoms with van der Waals surface area (Å²) in [4.78, 5) is 13.4. The van der Waals surface area contributed by atoms with E-state index in [9.17, 15) is 4.79 Å². The van der Waals surface area contributed by atoms with Crippen molar-refractivity contribution in [3.05, 3.63) is 12.7 Å². The van der Waals surface area contributed by atoms with Crippen molar-refractivity contribution in [1.82, 2.24) is 0 Å². The summed E-state index contributed by atoms with van der Waals surface area (Å²) in [5, 5.41) is 15.7. The minimum atomic E-state index is -1.26. The van der Waals surface area contributed by atoms with Gasteiger partial charge in [0.15, 0.2) is 0 Å². The molecular weight excluding hydrogens is 176 g/mol. The maximum Gasteiger partial charge on any atom is 0.506 e. The Morgan fingerprint density at radius 1 is 1.54 bits per heavy atom. The minimum Gasteiger partial charge on any atom is -0.450 e. The molecule has 0 aromatic carbocycles. The number of carbonyl (C=O) groups is 1. The molecule has 0 aromatic heterocycles. The summed E-state index contributed by atoms with van der Waals surface area (Å²) in [6, 6.07) is 0. The lowest BCUT2D eigenvalue weighted by molar-refractivity contribution is -0.306. The molecule has 2 N–H and O–H groups in total. The average Bonchev–Trinajstić information content (AvgIpc) is 2.01. The molecule has 0 rings (SSSR count). The Hall–Kier alpha value is -1.07. The van der Waals surface area contributed by atoms with E-state index in [2.05, 4.69) is 16.2 Å².